The van der Waals surface area contributed by atoms with E-state index in [2.05, 4.69) is 37.8 Å². The van der Waals surface area contributed by atoms with Crippen molar-refractivity contribution in [1.29, 1.82) is 0 Å². The lowest BCUT2D eigenvalue weighted by Crippen LogP contribution is -2.19. The summed E-state index contributed by atoms with van der Waals surface area (Å²) in [5, 5.41) is 0. The lowest BCUT2D eigenvalue weighted by Gasteiger charge is -2.22. The number of fused-ring (bicyclic) bond motifs is 5. The van der Waals surface area contributed by atoms with E-state index in [0.717, 1.165) is 23.9 Å². The maximum Gasteiger partial charge on any atom is 0.142 e. The molecular formula is C19H19N3S. The van der Waals surface area contributed by atoms with Crippen LogP contribution in [0.1, 0.15) is 31.9 Å². The summed E-state index contributed by atoms with van der Waals surface area (Å²) in [4.78, 5) is 13.0. The van der Waals surface area contributed by atoms with Gasteiger partial charge in [-0.05, 0) is 55.5 Å². The van der Waals surface area contributed by atoms with E-state index >= 15 is 0 Å². The molecule has 0 aliphatic carbocycles. The Morgan fingerprint density at radius 1 is 1.00 bits per heavy atom. The van der Waals surface area contributed by atoms with Crippen LogP contribution in [-0.2, 0) is 0 Å². The quantitative estimate of drug-likeness (QED) is 0.747. The number of anilines is 2. The molecule has 0 unspecified atom stereocenters. The number of rotatable bonds is 1. The Labute approximate surface area is 141 Å². The van der Waals surface area contributed by atoms with E-state index in [1.807, 2.05) is 36.3 Å². The zero-order valence-corrected chi connectivity index (χ0v) is 14.4. The van der Waals surface area contributed by atoms with Gasteiger partial charge in [0.25, 0.3) is 0 Å². The van der Waals surface area contributed by atoms with Crippen molar-refractivity contribution < 1.29 is 0 Å². The molecule has 0 saturated heterocycles. The number of allylic oxidation sites excluding steroid dienone is 3. The van der Waals surface area contributed by atoms with Crippen LogP contribution in [-0.4, -0.2) is 22.3 Å². The third-order valence-electron chi connectivity index (χ3n) is 4.47. The Morgan fingerprint density at radius 3 is 2.22 bits per heavy atom. The van der Waals surface area contributed by atoms with Crippen molar-refractivity contribution in [2.45, 2.75) is 20.8 Å². The molecule has 0 amide bonds. The maximum atomic E-state index is 4.70. The van der Waals surface area contributed by atoms with Crippen LogP contribution in [0.5, 0.6) is 0 Å². The van der Waals surface area contributed by atoms with Gasteiger partial charge in [0.2, 0.25) is 0 Å². The van der Waals surface area contributed by atoms with Gasteiger partial charge in [-0.3, -0.25) is 0 Å². The molecule has 0 fully saturated rings. The lowest BCUT2D eigenvalue weighted by molar-refractivity contribution is 0.959. The Bertz CT molecular complexity index is 782. The summed E-state index contributed by atoms with van der Waals surface area (Å²) in [6.07, 6.45) is 3.75. The second-order valence-electron chi connectivity index (χ2n) is 5.87. The van der Waals surface area contributed by atoms with Crippen molar-refractivity contribution in [3.8, 4) is 0 Å². The molecule has 2 aromatic heterocycles. The predicted octanol–water partition coefficient (Wildman–Crippen LogP) is 4.90. The van der Waals surface area contributed by atoms with Gasteiger partial charge in [-0.2, -0.15) is 0 Å². The van der Waals surface area contributed by atoms with Gasteiger partial charge in [0.15, 0.2) is 0 Å². The molecule has 0 N–H and O–H groups in total. The number of thioether (sulfide) groups is 1. The van der Waals surface area contributed by atoms with Crippen molar-refractivity contribution in [3.63, 3.8) is 0 Å². The molecule has 4 rings (SSSR count). The van der Waals surface area contributed by atoms with Gasteiger partial charge in [-0.15, -0.1) is 11.8 Å². The van der Waals surface area contributed by atoms with Gasteiger partial charge in [0.05, 0.1) is 0 Å². The Hall–Kier alpha value is -2.07. The first-order chi connectivity index (χ1) is 11.2. The van der Waals surface area contributed by atoms with E-state index in [1.54, 1.807) is 0 Å². The van der Waals surface area contributed by atoms with Crippen molar-refractivity contribution in [2.24, 2.45) is 0 Å². The van der Waals surface area contributed by atoms with Crippen LogP contribution in [0.2, 0.25) is 0 Å². The van der Waals surface area contributed by atoms with E-state index in [-0.39, 0.29) is 0 Å². The molecule has 4 heterocycles. The summed E-state index contributed by atoms with van der Waals surface area (Å²) in [5.74, 6) is 3.06. The summed E-state index contributed by atoms with van der Waals surface area (Å²) >= 11 is 1.92. The van der Waals surface area contributed by atoms with Crippen LogP contribution in [0, 0.1) is 0 Å². The highest BCUT2D eigenvalue weighted by Crippen LogP contribution is 2.51. The summed E-state index contributed by atoms with van der Waals surface area (Å²) in [5.41, 5.74) is 6.52. The molecule has 2 aliphatic rings. The van der Waals surface area contributed by atoms with Gasteiger partial charge in [0.1, 0.15) is 11.6 Å². The summed E-state index contributed by atoms with van der Waals surface area (Å²) in [6.45, 7) is 7.47. The van der Waals surface area contributed by atoms with Crippen molar-refractivity contribution in [2.75, 3.05) is 17.2 Å². The normalized spacial score (nSPS) is 16.7. The van der Waals surface area contributed by atoms with Gasteiger partial charge in [0, 0.05) is 41.4 Å². The molecule has 0 aromatic carbocycles. The molecule has 4 heteroatoms. The first-order valence-electron chi connectivity index (χ1n) is 7.94. The van der Waals surface area contributed by atoms with E-state index in [1.165, 1.54) is 32.8 Å². The summed E-state index contributed by atoms with van der Waals surface area (Å²) in [6, 6.07) is 8.45. The number of aromatic nitrogens is 2. The third kappa shape index (κ3) is 2.12. The summed E-state index contributed by atoms with van der Waals surface area (Å²) < 4.78 is 0. The first kappa shape index (κ1) is 14.5. The molecule has 3 nitrogen and oxygen atoms in total. The number of nitrogens with zero attached hydrogens (tertiary/aromatic N) is 3. The average molecular weight is 321 g/mol. The highest BCUT2D eigenvalue weighted by Gasteiger charge is 2.31. The monoisotopic (exact) mass is 321 g/mol. The Morgan fingerprint density at radius 2 is 1.61 bits per heavy atom. The van der Waals surface area contributed by atoms with E-state index in [0.29, 0.717) is 0 Å². The fourth-order valence-electron chi connectivity index (χ4n) is 3.45. The van der Waals surface area contributed by atoms with Crippen LogP contribution < -0.4 is 4.90 Å². The Balaban J connectivity index is 2.16. The number of pyridine rings is 2. The number of hydrogen-bond acceptors (Lipinski definition) is 4. The second-order valence-corrected chi connectivity index (χ2v) is 7.06. The minimum Gasteiger partial charge on any atom is -0.310 e. The largest absolute Gasteiger partial charge is 0.310 e. The molecule has 2 aromatic rings. The molecule has 0 bridgehead atoms. The number of hydrogen-bond donors (Lipinski definition) is 0. The average Bonchev–Trinajstić information content (AvgIpc) is 2.71. The smallest absolute Gasteiger partial charge is 0.142 e. The van der Waals surface area contributed by atoms with Crippen molar-refractivity contribution in [3.05, 3.63) is 58.3 Å². The first-order valence-corrected chi connectivity index (χ1v) is 8.93. The summed E-state index contributed by atoms with van der Waals surface area (Å²) in [7, 11) is 0. The van der Waals surface area contributed by atoms with Crippen LogP contribution >= 0.6 is 11.8 Å². The predicted molar refractivity (Wildman–Crippen MR) is 98.8 cm³/mol. The molecule has 0 saturated carbocycles. The minimum absolute atomic E-state index is 0.847. The maximum absolute atomic E-state index is 4.70. The molecular weight excluding hydrogens is 302 g/mol. The fourth-order valence-corrected chi connectivity index (χ4v) is 4.39. The lowest BCUT2D eigenvalue weighted by atomic mass is 9.90. The van der Waals surface area contributed by atoms with Crippen LogP contribution in [0.4, 0.5) is 11.6 Å². The Kier molecular flexibility index (Phi) is 3.49. The van der Waals surface area contributed by atoms with Gasteiger partial charge in [-0.25, -0.2) is 9.97 Å². The van der Waals surface area contributed by atoms with Crippen LogP contribution in [0.25, 0.3) is 11.1 Å². The van der Waals surface area contributed by atoms with Gasteiger partial charge in [-0.1, -0.05) is 5.57 Å². The molecule has 116 valence electrons. The molecule has 0 atom stereocenters. The highest BCUT2D eigenvalue weighted by molar-refractivity contribution is 8.03. The highest BCUT2D eigenvalue weighted by atomic mass is 32.2. The second kappa shape index (κ2) is 5.53. The topological polar surface area (TPSA) is 29.0 Å². The van der Waals surface area contributed by atoms with Crippen LogP contribution in [0.3, 0.4) is 0 Å². The van der Waals surface area contributed by atoms with Gasteiger partial charge < -0.3 is 4.90 Å². The van der Waals surface area contributed by atoms with Gasteiger partial charge >= 0.3 is 0 Å². The van der Waals surface area contributed by atoms with E-state index in [9.17, 15) is 0 Å². The standard InChI is InChI=1S/C19H19N3S/c1-4-22-18-14(7-5-9-20-18)16-12(2)11-23-13(3)17(16)15-8-6-10-21-19(15)22/h5-10H,4,11H2,1-3H3. The zero-order valence-electron chi connectivity index (χ0n) is 13.6. The fraction of sp³-hybridized carbons (Fsp3) is 0.263. The molecule has 0 radical (unpaired) electrons. The zero-order chi connectivity index (χ0) is 16.0. The van der Waals surface area contributed by atoms with Crippen LogP contribution in [0.15, 0.2) is 47.1 Å². The van der Waals surface area contributed by atoms with E-state index in [4.69, 9.17) is 9.97 Å². The third-order valence-corrected chi connectivity index (χ3v) is 5.69. The van der Waals surface area contributed by atoms with E-state index < -0.39 is 0 Å². The molecule has 0 spiro atoms. The van der Waals surface area contributed by atoms with Crippen molar-refractivity contribution >= 4 is 34.5 Å². The molecule has 23 heavy (non-hydrogen) atoms. The minimum atomic E-state index is 0.847. The SMILES string of the molecule is CCN1c2ncccc2C2=C(C)CSC(C)=C2c2cccnc21. The van der Waals surface area contributed by atoms with Crippen molar-refractivity contribution in [1.82, 2.24) is 9.97 Å². The molecule has 2 aliphatic heterocycles.